The van der Waals surface area contributed by atoms with Crippen LogP contribution in [-0.2, 0) is 15.7 Å². The molecule has 11 heteroatoms. The number of halogens is 3. The highest BCUT2D eigenvalue weighted by Crippen LogP contribution is 2.46. The van der Waals surface area contributed by atoms with Gasteiger partial charge in [0.2, 0.25) is 11.9 Å². The van der Waals surface area contributed by atoms with Gasteiger partial charge in [-0.25, -0.2) is 9.97 Å². The van der Waals surface area contributed by atoms with Crippen LogP contribution in [0.1, 0.15) is 30.2 Å². The number of ether oxygens (including phenoxy) is 1. The Balaban J connectivity index is 1.55. The summed E-state index contributed by atoms with van der Waals surface area (Å²) in [5, 5.41) is 5.96. The van der Waals surface area contributed by atoms with Crippen molar-refractivity contribution in [2.24, 2.45) is 0 Å². The maximum Gasteiger partial charge on any atom is 0.433 e. The minimum absolute atomic E-state index is 0.0242. The maximum atomic E-state index is 13.0. The van der Waals surface area contributed by atoms with Gasteiger partial charge >= 0.3 is 6.18 Å². The summed E-state index contributed by atoms with van der Waals surface area (Å²) in [5.41, 5.74) is 0.935. The van der Waals surface area contributed by atoms with Gasteiger partial charge in [-0.2, -0.15) is 13.2 Å². The highest BCUT2D eigenvalue weighted by molar-refractivity contribution is 8.09. The molecule has 2 aliphatic rings. The highest BCUT2D eigenvalue weighted by Gasteiger charge is 2.50. The third-order valence-corrected chi connectivity index (χ3v) is 7.00. The maximum absolute atomic E-state index is 13.0. The number of aromatic nitrogens is 2. The molecular weight excluding hydrogens is 455 g/mol. The first kappa shape index (κ1) is 23.4. The van der Waals surface area contributed by atoms with E-state index in [1.54, 1.807) is 11.8 Å². The van der Waals surface area contributed by atoms with Crippen LogP contribution in [0.25, 0.3) is 4.91 Å². The van der Waals surface area contributed by atoms with Crippen LogP contribution in [0.4, 0.5) is 24.8 Å². The zero-order valence-electron chi connectivity index (χ0n) is 18.4. The third kappa shape index (κ3) is 4.93. The fourth-order valence-electron chi connectivity index (χ4n) is 3.80. The Labute approximate surface area is 193 Å². The van der Waals surface area contributed by atoms with Gasteiger partial charge in [0, 0.05) is 36.5 Å². The van der Waals surface area contributed by atoms with Gasteiger partial charge < -0.3 is 20.3 Å². The Morgan fingerprint density at radius 3 is 2.73 bits per heavy atom. The number of thioether (sulfide) groups is 1. The average Bonchev–Trinajstić information content (AvgIpc) is 3.11. The van der Waals surface area contributed by atoms with Crippen LogP contribution in [0.3, 0.4) is 0 Å². The number of alkyl halides is 3. The van der Waals surface area contributed by atoms with Crippen molar-refractivity contribution in [2.75, 3.05) is 25.6 Å². The van der Waals surface area contributed by atoms with Crippen molar-refractivity contribution >= 4 is 34.2 Å². The van der Waals surface area contributed by atoms with E-state index in [1.807, 2.05) is 45.3 Å². The van der Waals surface area contributed by atoms with Crippen LogP contribution in [0.2, 0.25) is 0 Å². The Bertz CT molecular complexity index is 1090. The molecule has 1 amide bonds. The molecule has 2 aromatic rings. The van der Waals surface area contributed by atoms with E-state index in [4.69, 9.17) is 4.74 Å². The minimum Gasteiger partial charge on any atom is -0.376 e. The summed E-state index contributed by atoms with van der Waals surface area (Å²) in [5.74, 6) is -0.152. The zero-order valence-corrected chi connectivity index (χ0v) is 19.2. The second-order valence-corrected chi connectivity index (χ2v) is 9.28. The first-order valence-corrected chi connectivity index (χ1v) is 11.3. The predicted octanol–water partition coefficient (Wildman–Crippen LogP) is 4.15. The summed E-state index contributed by atoms with van der Waals surface area (Å²) >= 11 is 1.62. The molecule has 4 rings (SSSR count). The van der Waals surface area contributed by atoms with Gasteiger partial charge in [-0.3, -0.25) is 4.79 Å². The normalized spacial score (nSPS) is 19.6. The van der Waals surface area contributed by atoms with Crippen molar-refractivity contribution in [3.63, 3.8) is 0 Å². The summed E-state index contributed by atoms with van der Waals surface area (Å²) in [7, 11) is 1.95. The van der Waals surface area contributed by atoms with Crippen molar-refractivity contribution in [1.82, 2.24) is 20.2 Å². The Morgan fingerprint density at radius 2 is 2.09 bits per heavy atom. The number of likely N-dealkylation sites (N-methyl/N-ethyl adjacent to an activating group) is 1. The molecule has 2 aliphatic heterocycles. The Hall–Kier alpha value is -2.79. The van der Waals surface area contributed by atoms with Gasteiger partial charge in [-0.1, -0.05) is 24.8 Å². The van der Waals surface area contributed by atoms with Gasteiger partial charge in [0.15, 0.2) is 0 Å². The summed E-state index contributed by atoms with van der Waals surface area (Å²) in [6, 6.07) is 6.50. The molecule has 0 bridgehead atoms. The quantitative estimate of drug-likeness (QED) is 0.645. The molecule has 0 saturated carbocycles. The lowest BCUT2D eigenvalue weighted by atomic mass is 9.96. The lowest BCUT2D eigenvalue weighted by Gasteiger charge is -2.48. The van der Waals surface area contributed by atoms with Gasteiger partial charge in [0.05, 0.1) is 13.2 Å². The number of carbonyl (C=O) groups is 1. The molecule has 2 N–H and O–H groups in total. The molecule has 1 aromatic heterocycles. The van der Waals surface area contributed by atoms with Crippen molar-refractivity contribution in [1.29, 1.82) is 0 Å². The van der Waals surface area contributed by atoms with E-state index in [-0.39, 0.29) is 17.2 Å². The number of hydrogen-bond donors (Lipinski definition) is 2. The number of hydrogen-bond acceptors (Lipinski definition) is 7. The molecule has 1 atom stereocenters. The summed E-state index contributed by atoms with van der Waals surface area (Å²) < 4.78 is 44.4. The van der Waals surface area contributed by atoms with E-state index in [0.717, 1.165) is 28.3 Å². The monoisotopic (exact) mass is 479 g/mol. The minimum atomic E-state index is -4.55. The molecule has 1 aromatic carbocycles. The second kappa shape index (κ2) is 8.86. The van der Waals surface area contributed by atoms with E-state index in [2.05, 4.69) is 25.5 Å². The number of nitrogens with zero attached hydrogens (tertiary/aromatic N) is 3. The smallest absolute Gasteiger partial charge is 0.376 e. The number of amides is 1. The van der Waals surface area contributed by atoms with E-state index in [1.165, 1.54) is 0 Å². The lowest BCUT2D eigenvalue weighted by molar-refractivity contribution is -0.141. The van der Waals surface area contributed by atoms with Crippen LogP contribution in [0.15, 0.2) is 36.7 Å². The zero-order chi connectivity index (χ0) is 23.8. The number of carbonyl (C=O) groups excluding carboxylic acids is 1. The fourth-order valence-corrected chi connectivity index (χ4v) is 5.17. The highest BCUT2D eigenvalue weighted by atomic mass is 32.2. The standard InChI is InChI=1S/C22H24F3N5O2S/c1-4-18(31)29-21(11-32-12-21)19-30(3)10-16(33-19)14-7-13(2)8-15(9-14)27-20-26-6-5-17(28-20)22(23,24)25/h5-10,19H,4,11-12H2,1-3H3,(H,29,31)(H,26,27,28). The van der Waals surface area contributed by atoms with Gasteiger partial charge in [-0.15, -0.1) is 0 Å². The third-order valence-electron chi connectivity index (χ3n) is 5.39. The molecule has 33 heavy (non-hydrogen) atoms. The van der Waals surface area contributed by atoms with Crippen LogP contribution < -0.4 is 10.6 Å². The molecule has 0 radical (unpaired) electrons. The molecule has 3 heterocycles. The Morgan fingerprint density at radius 1 is 1.33 bits per heavy atom. The van der Waals surface area contributed by atoms with Crippen molar-refractivity contribution in [3.8, 4) is 0 Å². The van der Waals surface area contributed by atoms with E-state index < -0.39 is 17.4 Å². The van der Waals surface area contributed by atoms with Gasteiger partial charge in [0.1, 0.15) is 16.6 Å². The molecule has 0 aliphatic carbocycles. The largest absolute Gasteiger partial charge is 0.433 e. The topological polar surface area (TPSA) is 79.4 Å². The molecule has 1 saturated heterocycles. The van der Waals surface area contributed by atoms with Crippen LogP contribution in [0, 0.1) is 6.92 Å². The van der Waals surface area contributed by atoms with Crippen molar-refractivity contribution in [3.05, 3.63) is 53.5 Å². The van der Waals surface area contributed by atoms with E-state index in [9.17, 15) is 18.0 Å². The average molecular weight is 480 g/mol. The predicted molar refractivity (Wildman–Crippen MR) is 121 cm³/mol. The molecule has 1 unspecified atom stereocenters. The molecule has 0 spiro atoms. The first-order valence-electron chi connectivity index (χ1n) is 10.4. The summed E-state index contributed by atoms with van der Waals surface area (Å²) in [6.07, 6.45) is -1.06. The number of benzene rings is 1. The number of anilines is 2. The lowest BCUT2D eigenvalue weighted by Crippen LogP contribution is -2.69. The van der Waals surface area contributed by atoms with Gasteiger partial charge in [-0.05, 0) is 36.2 Å². The summed E-state index contributed by atoms with van der Waals surface area (Å²) in [6.45, 7) is 4.60. The summed E-state index contributed by atoms with van der Waals surface area (Å²) in [4.78, 5) is 22.6. The first-order chi connectivity index (χ1) is 15.6. The van der Waals surface area contributed by atoms with E-state index in [0.29, 0.717) is 25.3 Å². The number of nitrogens with one attached hydrogen (secondary N) is 2. The van der Waals surface area contributed by atoms with Crippen molar-refractivity contribution < 1.29 is 22.7 Å². The Kier molecular flexibility index (Phi) is 6.28. The number of aryl methyl sites for hydroxylation is 1. The van der Waals surface area contributed by atoms with Crippen molar-refractivity contribution in [2.45, 2.75) is 37.4 Å². The van der Waals surface area contributed by atoms with Crippen LogP contribution >= 0.6 is 11.8 Å². The SMILES string of the molecule is CCC(=O)NC1(C2SC(c3cc(C)cc(Nc4nccc(C(F)(F)F)n4)c3)=CN2C)COC1. The van der Waals surface area contributed by atoms with Gasteiger partial charge in [0.25, 0.3) is 0 Å². The second-order valence-electron chi connectivity index (χ2n) is 8.16. The molecule has 1 fully saturated rings. The van der Waals surface area contributed by atoms with Crippen LogP contribution in [-0.4, -0.2) is 51.9 Å². The fraction of sp³-hybridized carbons (Fsp3) is 0.409. The number of rotatable bonds is 6. The molecule has 176 valence electrons. The van der Waals surface area contributed by atoms with Crippen LogP contribution in [0.5, 0.6) is 0 Å². The molecular formula is C22H24F3N5O2S. The van der Waals surface area contributed by atoms with E-state index >= 15 is 0 Å². The molecule has 7 nitrogen and oxygen atoms in total.